The standard InChI is InChI=1S/C17H23N3S/c1-14(17-8-5-13-21-17)18-9-10-20-12-11-19(2)15-6-3-4-7-16(15)20/h3-8,13-14,18H,9-12H2,1-2H3. The summed E-state index contributed by atoms with van der Waals surface area (Å²) in [5.74, 6) is 0. The first kappa shape index (κ1) is 14.4. The van der Waals surface area contributed by atoms with Gasteiger partial charge in [0.15, 0.2) is 0 Å². The van der Waals surface area contributed by atoms with Crippen molar-refractivity contribution < 1.29 is 0 Å². The molecule has 0 bridgehead atoms. The summed E-state index contributed by atoms with van der Waals surface area (Å²) in [7, 11) is 2.17. The van der Waals surface area contributed by atoms with Crippen molar-refractivity contribution in [3.63, 3.8) is 0 Å². The van der Waals surface area contributed by atoms with Crippen molar-refractivity contribution in [3.8, 4) is 0 Å². The second kappa shape index (κ2) is 6.50. The van der Waals surface area contributed by atoms with Crippen LogP contribution in [0, 0.1) is 0 Å². The second-order valence-electron chi connectivity index (χ2n) is 5.59. The first-order chi connectivity index (χ1) is 10.3. The molecule has 3 rings (SSSR count). The Bertz CT molecular complexity index is 567. The molecule has 0 spiro atoms. The van der Waals surface area contributed by atoms with Crippen LogP contribution >= 0.6 is 11.3 Å². The third-order valence-corrected chi connectivity index (χ3v) is 5.20. The molecule has 0 amide bonds. The largest absolute Gasteiger partial charge is 0.371 e. The van der Waals surface area contributed by atoms with Gasteiger partial charge in [-0.1, -0.05) is 18.2 Å². The van der Waals surface area contributed by atoms with Crippen molar-refractivity contribution in [2.45, 2.75) is 13.0 Å². The van der Waals surface area contributed by atoms with Crippen LogP contribution in [0.5, 0.6) is 0 Å². The van der Waals surface area contributed by atoms with Gasteiger partial charge in [-0.3, -0.25) is 0 Å². The van der Waals surface area contributed by atoms with Crippen molar-refractivity contribution in [1.82, 2.24) is 5.32 Å². The van der Waals surface area contributed by atoms with E-state index in [9.17, 15) is 0 Å². The minimum absolute atomic E-state index is 0.438. The lowest BCUT2D eigenvalue weighted by Gasteiger charge is -2.37. The van der Waals surface area contributed by atoms with Crippen LogP contribution in [0.1, 0.15) is 17.8 Å². The van der Waals surface area contributed by atoms with Crippen LogP contribution in [-0.4, -0.2) is 33.2 Å². The van der Waals surface area contributed by atoms with E-state index in [1.165, 1.54) is 16.3 Å². The Morgan fingerprint density at radius 3 is 2.71 bits per heavy atom. The van der Waals surface area contributed by atoms with E-state index in [2.05, 4.69) is 70.9 Å². The Hall–Kier alpha value is -1.52. The van der Waals surface area contributed by atoms with Crippen molar-refractivity contribution >= 4 is 22.7 Å². The Morgan fingerprint density at radius 1 is 1.14 bits per heavy atom. The summed E-state index contributed by atoms with van der Waals surface area (Å²) in [6.45, 7) is 6.50. The Labute approximate surface area is 131 Å². The molecule has 112 valence electrons. The predicted molar refractivity (Wildman–Crippen MR) is 92.7 cm³/mol. The van der Waals surface area contributed by atoms with Crippen LogP contribution in [-0.2, 0) is 0 Å². The lowest BCUT2D eigenvalue weighted by atomic mass is 10.1. The number of nitrogens with one attached hydrogen (secondary N) is 1. The highest BCUT2D eigenvalue weighted by atomic mass is 32.1. The van der Waals surface area contributed by atoms with E-state index in [0.717, 1.165) is 26.2 Å². The second-order valence-corrected chi connectivity index (χ2v) is 6.57. The van der Waals surface area contributed by atoms with Gasteiger partial charge in [0.25, 0.3) is 0 Å². The first-order valence-corrected chi connectivity index (χ1v) is 8.45. The van der Waals surface area contributed by atoms with Crippen LogP contribution in [0.4, 0.5) is 11.4 Å². The molecule has 3 nitrogen and oxygen atoms in total. The average Bonchev–Trinajstić information content (AvgIpc) is 3.04. The molecule has 0 saturated heterocycles. The summed E-state index contributed by atoms with van der Waals surface area (Å²) in [6.07, 6.45) is 0. The van der Waals surface area contributed by atoms with Gasteiger partial charge in [0.05, 0.1) is 11.4 Å². The molecular formula is C17H23N3S. The fourth-order valence-electron chi connectivity index (χ4n) is 2.85. The maximum Gasteiger partial charge on any atom is 0.0605 e. The minimum atomic E-state index is 0.438. The maximum absolute atomic E-state index is 3.63. The van der Waals surface area contributed by atoms with Crippen molar-refractivity contribution in [3.05, 3.63) is 46.7 Å². The SMILES string of the molecule is CC(NCCN1CCN(C)c2ccccc21)c1cccs1. The summed E-state index contributed by atoms with van der Waals surface area (Å²) in [6, 6.07) is 13.5. The van der Waals surface area contributed by atoms with Crippen molar-refractivity contribution in [1.29, 1.82) is 0 Å². The van der Waals surface area contributed by atoms with E-state index in [1.54, 1.807) is 0 Å². The number of benzene rings is 1. The number of para-hydroxylation sites is 2. The Morgan fingerprint density at radius 2 is 1.95 bits per heavy atom. The average molecular weight is 301 g/mol. The number of fused-ring (bicyclic) bond motifs is 1. The maximum atomic E-state index is 3.63. The van der Waals surface area contributed by atoms with Gasteiger partial charge in [0.1, 0.15) is 0 Å². The lowest BCUT2D eigenvalue weighted by molar-refractivity contribution is 0.572. The van der Waals surface area contributed by atoms with Crippen LogP contribution in [0.15, 0.2) is 41.8 Å². The molecule has 0 saturated carbocycles. The molecule has 0 aliphatic carbocycles. The smallest absolute Gasteiger partial charge is 0.0605 e. The molecule has 1 aromatic heterocycles. The molecule has 2 heterocycles. The molecule has 4 heteroatoms. The highest BCUT2D eigenvalue weighted by Gasteiger charge is 2.19. The van der Waals surface area contributed by atoms with Crippen LogP contribution < -0.4 is 15.1 Å². The van der Waals surface area contributed by atoms with Gasteiger partial charge >= 0.3 is 0 Å². The number of rotatable bonds is 5. The van der Waals surface area contributed by atoms with E-state index in [0.29, 0.717) is 6.04 Å². The number of thiophene rings is 1. The zero-order chi connectivity index (χ0) is 14.7. The fourth-order valence-corrected chi connectivity index (χ4v) is 3.61. The summed E-state index contributed by atoms with van der Waals surface area (Å²) in [5.41, 5.74) is 2.70. The third-order valence-electron chi connectivity index (χ3n) is 4.14. The minimum Gasteiger partial charge on any atom is -0.371 e. The van der Waals surface area contributed by atoms with Gasteiger partial charge in [-0.05, 0) is 30.5 Å². The van der Waals surface area contributed by atoms with E-state index in [-0.39, 0.29) is 0 Å². The number of nitrogens with zero attached hydrogens (tertiary/aromatic N) is 2. The molecule has 1 aromatic carbocycles. The molecule has 1 aliphatic heterocycles. The number of anilines is 2. The zero-order valence-corrected chi connectivity index (χ0v) is 13.6. The lowest BCUT2D eigenvalue weighted by Crippen LogP contribution is -2.42. The molecule has 0 fully saturated rings. The van der Waals surface area contributed by atoms with Gasteiger partial charge in [-0.25, -0.2) is 0 Å². The molecule has 1 atom stereocenters. The number of likely N-dealkylation sites (N-methyl/N-ethyl adjacent to an activating group) is 1. The highest BCUT2D eigenvalue weighted by molar-refractivity contribution is 7.10. The zero-order valence-electron chi connectivity index (χ0n) is 12.7. The topological polar surface area (TPSA) is 18.5 Å². The van der Waals surface area contributed by atoms with Gasteiger partial charge in [-0.15, -0.1) is 11.3 Å². The van der Waals surface area contributed by atoms with Crippen LogP contribution in [0.25, 0.3) is 0 Å². The molecule has 1 N–H and O–H groups in total. The molecule has 1 unspecified atom stereocenters. The summed E-state index contributed by atoms with van der Waals surface area (Å²) >= 11 is 1.82. The van der Waals surface area contributed by atoms with E-state index in [1.807, 2.05) is 11.3 Å². The molecule has 2 aromatic rings. The van der Waals surface area contributed by atoms with E-state index < -0.39 is 0 Å². The molecule has 1 aliphatic rings. The molecule has 0 radical (unpaired) electrons. The molecular weight excluding hydrogens is 278 g/mol. The van der Waals surface area contributed by atoms with Crippen molar-refractivity contribution in [2.75, 3.05) is 43.0 Å². The van der Waals surface area contributed by atoms with Crippen LogP contribution in [0.2, 0.25) is 0 Å². The van der Waals surface area contributed by atoms with E-state index >= 15 is 0 Å². The Balaban J connectivity index is 1.58. The fraction of sp³-hybridized carbons (Fsp3) is 0.412. The quantitative estimate of drug-likeness (QED) is 0.913. The highest BCUT2D eigenvalue weighted by Crippen LogP contribution is 2.31. The predicted octanol–water partition coefficient (Wildman–Crippen LogP) is 3.36. The van der Waals surface area contributed by atoms with Crippen molar-refractivity contribution in [2.24, 2.45) is 0 Å². The monoisotopic (exact) mass is 301 g/mol. The third kappa shape index (κ3) is 3.22. The van der Waals surface area contributed by atoms with Gasteiger partial charge in [0, 0.05) is 44.1 Å². The molecule has 21 heavy (non-hydrogen) atoms. The van der Waals surface area contributed by atoms with Gasteiger partial charge < -0.3 is 15.1 Å². The Kier molecular flexibility index (Phi) is 4.46. The van der Waals surface area contributed by atoms with Crippen LogP contribution in [0.3, 0.4) is 0 Å². The number of hydrogen-bond donors (Lipinski definition) is 1. The van der Waals surface area contributed by atoms with Gasteiger partial charge in [0.2, 0.25) is 0 Å². The normalized spacial score (nSPS) is 15.9. The van der Waals surface area contributed by atoms with Gasteiger partial charge in [-0.2, -0.15) is 0 Å². The van der Waals surface area contributed by atoms with E-state index in [4.69, 9.17) is 0 Å². The summed E-state index contributed by atoms with van der Waals surface area (Å²) in [5, 5.41) is 5.77. The summed E-state index contributed by atoms with van der Waals surface area (Å²) in [4.78, 5) is 6.24. The summed E-state index contributed by atoms with van der Waals surface area (Å²) < 4.78 is 0. The number of hydrogen-bond acceptors (Lipinski definition) is 4. The first-order valence-electron chi connectivity index (χ1n) is 7.57.